The Hall–Kier alpha value is -2.19. The lowest BCUT2D eigenvalue weighted by atomic mass is 9.93. The van der Waals surface area contributed by atoms with Crippen molar-refractivity contribution < 1.29 is 4.79 Å². The van der Waals surface area contributed by atoms with E-state index in [2.05, 4.69) is 112 Å². The highest BCUT2D eigenvalue weighted by molar-refractivity contribution is 9.18. The summed E-state index contributed by atoms with van der Waals surface area (Å²) in [4.78, 5) is 17.1. The van der Waals surface area contributed by atoms with Gasteiger partial charge in [-0.05, 0) is 112 Å². The van der Waals surface area contributed by atoms with E-state index in [0.717, 1.165) is 62.3 Å². The van der Waals surface area contributed by atoms with Crippen molar-refractivity contribution in [1.82, 2.24) is 0 Å². The summed E-state index contributed by atoms with van der Waals surface area (Å²) in [5.41, 5.74) is 6.05. The molecule has 0 saturated carbocycles. The molecule has 2 amide bonds. The van der Waals surface area contributed by atoms with E-state index in [0.29, 0.717) is 13.1 Å². The second kappa shape index (κ2) is 11.5. The van der Waals surface area contributed by atoms with Gasteiger partial charge in [0.1, 0.15) is 0 Å². The van der Waals surface area contributed by atoms with Crippen molar-refractivity contribution in [2.45, 2.75) is 13.8 Å². The van der Waals surface area contributed by atoms with Crippen LogP contribution in [-0.2, 0) is 0 Å². The number of benzene rings is 4. The zero-order chi connectivity index (χ0) is 27.0. The second-order valence-electron chi connectivity index (χ2n) is 8.77. The molecular weight excluding hydrogens is 736 g/mol. The summed E-state index contributed by atoms with van der Waals surface area (Å²) in [6.07, 6.45) is 0. The zero-order valence-electron chi connectivity index (χ0n) is 20.8. The number of amides is 2. The van der Waals surface area contributed by atoms with E-state index in [1.54, 1.807) is 0 Å². The third-order valence-corrected chi connectivity index (χ3v) is 11.1. The first-order chi connectivity index (χ1) is 18.4. The Morgan fingerprint density at radius 2 is 0.947 bits per heavy atom. The molecule has 0 aromatic heterocycles. The molecule has 4 aromatic rings. The molecule has 3 nitrogen and oxygen atoms in total. The minimum atomic E-state index is 0.00412. The summed E-state index contributed by atoms with van der Waals surface area (Å²) in [6, 6.07) is 28.8. The highest BCUT2D eigenvalue weighted by Crippen LogP contribution is 2.50. The maximum absolute atomic E-state index is 13.4. The third-order valence-electron chi connectivity index (χ3n) is 6.71. The molecule has 38 heavy (non-hydrogen) atoms. The predicted octanol–water partition coefficient (Wildman–Crippen LogP) is 10.9. The van der Waals surface area contributed by atoms with Gasteiger partial charge in [-0.25, -0.2) is 4.79 Å². The predicted molar refractivity (Wildman–Crippen MR) is 178 cm³/mol. The first-order valence-electron chi connectivity index (χ1n) is 12.3. The van der Waals surface area contributed by atoms with Crippen LogP contribution in [0.5, 0.6) is 0 Å². The van der Waals surface area contributed by atoms with Gasteiger partial charge in [-0.2, -0.15) is 0 Å². The molecule has 7 heteroatoms. The molecule has 0 spiro atoms. The number of carbonyl (C=O) groups is 1. The number of hydrogen-bond acceptors (Lipinski definition) is 1. The average Bonchev–Trinajstić information content (AvgIpc) is 2.97. The van der Waals surface area contributed by atoms with Gasteiger partial charge in [0.25, 0.3) is 0 Å². The van der Waals surface area contributed by atoms with Crippen LogP contribution in [0, 0.1) is 0 Å². The minimum absolute atomic E-state index is 0.00412. The second-order valence-corrected chi connectivity index (χ2v) is 11.9. The number of hydrogen-bond donors (Lipinski definition) is 0. The number of carbonyl (C=O) groups excluding carboxylic acids is 1. The van der Waals surface area contributed by atoms with Gasteiger partial charge in [-0.1, -0.05) is 72.8 Å². The summed E-state index contributed by atoms with van der Waals surface area (Å²) in [6.45, 7) is 5.21. The normalized spacial score (nSPS) is 14.5. The fourth-order valence-corrected chi connectivity index (χ4v) is 6.97. The molecule has 1 heterocycles. The van der Waals surface area contributed by atoms with Crippen molar-refractivity contribution in [2.75, 3.05) is 22.9 Å². The zero-order valence-corrected chi connectivity index (χ0v) is 27.2. The van der Waals surface area contributed by atoms with Gasteiger partial charge >= 0.3 is 6.03 Å². The first-order valence-corrected chi connectivity index (χ1v) is 15.5. The molecular formula is C31H24Br4N2O. The lowest BCUT2D eigenvalue weighted by Gasteiger charge is -2.37. The van der Waals surface area contributed by atoms with Crippen LogP contribution in [-0.4, -0.2) is 19.1 Å². The Labute approximate surface area is 256 Å². The van der Waals surface area contributed by atoms with Crippen LogP contribution >= 0.6 is 63.7 Å². The van der Waals surface area contributed by atoms with Crippen LogP contribution in [0.3, 0.4) is 0 Å². The molecule has 5 rings (SSSR count). The van der Waals surface area contributed by atoms with Gasteiger partial charge in [0, 0.05) is 41.8 Å². The standard InChI is InChI=1S/C31H24Br4N2O/c1-3-36-23-17-15-21(29(34)27(32)19-11-7-5-8-12-19)25-22(30(35)28(33)20-13-9-6-10-14-20)16-18-24(26(23)25)37(4-2)31(36)38/h5-18H,3-4H2,1-2H3/b29-27+,30-28+. The molecule has 0 radical (unpaired) electrons. The van der Waals surface area contributed by atoms with Gasteiger partial charge in [0.05, 0.1) is 11.4 Å². The monoisotopic (exact) mass is 756 g/mol. The average molecular weight is 760 g/mol. The highest BCUT2D eigenvalue weighted by atomic mass is 79.9. The van der Waals surface area contributed by atoms with Gasteiger partial charge in [-0.3, -0.25) is 9.80 Å². The minimum Gasteiger partial charge on any atom is -0.294 e. The summed E-state index contributed by atoms with van der Waals surface area (Å²) in [5, 5.41) is 2.11. The van der Waals surface area contributed by atoms with Crippen LogP contribution in [0.15, 0.2) is 84.9 Å². The highest BCUT2D eigenvalue weighted by Gasteiger charge is 2.32. The number of nitrogens with zero attached hydrogens (tertiary/aromatic N) is 2. The van der Waals surface area contributed by atoms with Crippen LogP contribution < -0.4 is 9.80 Å². The molecule has 0 unspecified atom stereocenters. The number of anilines is 2. The SMILES string of the molecule is CCN1C(=O)N(CC)c2ccc(/C(Br)=C(\Br)c3ccccc3)c3c(/C(Br)=C(\Br)c4ccccc4)ccc1c23. The maximum atomic E-state index is 13.4. The quantitative estimate of drug-likeness (QED) is 0.180. The van der Waals surface area contributed by atoms with E-state index in [-0.39, 0.29) is 6.03 Å². The molecule has 4 aromatic carbocycles. The van der Waals surface area contributed by atoms with Crippen molar-refractivity contribution in [3.8, 4) is 0 Å². The summed E-state index contributed by atoms with van der Waals surface area (Å²) in [5.74, 6) is 0. The van der Waals surface area contributed by atoms with Crippen LogP contribution in [0.25, 0.3) is 28.7 Å². The van der Waals surface area contributed by atoms with E-state index < -0.39 is 0 Å². The van der Waals surface area contributed by atoms with Gasteiger partial charge in [0.15, 0.2) is 0 Å². The molecule has 0 aliphatic carbocycles. The Kier molecular flexibility index (Phi) is 8.29. The van der Waals surface area contributed by atoms with E-state index in [4.69, 9.17) is 0 Å². The fourth-order valence-electron chi connectivity index (χ4n) is 4.90. The van der Waals surface area contributed by atoms with Crippen LogP contribution in [0.4, 0.5) is 16.2 Å². The Balaban J connectivity index is 1.89. The molecule has 0 N–H and O–H groups in total. The number of rotatable bonds is 6. The number of urea groups is 1. The van der Waals surface area contributed by atoms with Gasteiger partial charge in [0.2, 0.25) is 0 Å². The maximum Gasteiger partial charge on any atom is 0.328 e. The summed E-state index contributed by atoms with van der Waals surface area (Å²) >= 11 is 15.6. The van der Waals surface area contributed by atoms with Crippen molar-refractivity contribution in [3.05, 3.63) is 107 Å². The van der Waals surface area contributed by atoms with Crippen molar-refractivity contribution in [2.24, 2.45) is 0 Å². The lowest BCUT2D eigenvalue weighted by Crippen LogP contribution is -2.46. The molecule has 0 atom stereocenters. The van der Waals surface area contributed by atoms with E-state index in [1.807, 2.05) is 60.0 Å². The van der Waals surface area contributed by atoms with E-state index in [1.165, 1.54) is 0 Å². The molecule has 0 bridgehead atoms. The molecule has 1 aliphatic rings. The van der Waals surface area contributed by atoms with Crippen molar-refractivity contribution in [1.29, 1.82) is 0 Å². The molecule has 1 aliphatic heterocycles. The van der Waals surface area contributed by atoms with Gasteiger partial charge < -0.3 is 0 Å². The fraction of sp³-hybridized carbons (Fsp3) is 0.129. The van der Waals surface area contributed by atoms with E-state index in [9.17, 15) is 4.79 Å². The van der Waals surface area contributed by atoms with Crippen molar-refractivity contribution >= 4 is 110 Å². The van der Waals surface area contributed by atoms with Gasteiger partial charge in [-0.15, -0.1) is 0 Å². The first kappa shape index (κ1) is 27.4. The Morgan fingerprint density at radius 1 is 0.553 bits per heavy atom. The Bertz CT molecular complexity index is 1480. The molecule has 0 saturated heterocycles. The third kappa shape index (κ3) is 4.72. The van der Waals surface area contributed by atoms with Crippen LogP contribution in [0.1, 0.15) is 36.1 Å². The van der Waals surface area contributed by atoms with Crippen LogP contribution in [0.2, 0.25) is 0 Å². The smallest absolute Gasteiger partial charge is 0.294 e. The summed E-state index contributed by atoms with van der Waals surface area (Å²) < 4.78 is 3.79. The molecule has 0 fully saturated rings. The topological polar surface area (TPSA) is 23.6 Å². The van der Waals surface area contributed by atoms with Crippen molar-refractivity contribution in [3.63, 3.8) is 0 Å². The molecule has 192 valence electrons. The Morgan fingerprint density at radius 3 is 1.32 bits per heavy atom. The lowest BCUT2D eigenvalue weighted by molar-refractivity contribution is 0.251. The largest absolute Gasteiger partial charge is 0.328 e. The summed E-state index contributed by atoms with van der Waals surface area (Å²) in [7, 11) is 0. The number of halogens is 4. The van der Waals surface area contributed by atoms with E-state index >= 15 is 0 Å².